The van der Waals surface area contributed by atoms with E-state index in [2.05, 4.69) is 6.07 Å². The summed E-state index contributed by atoms with van der Waals surface area (Å²) in [6, 6.07) is 2.39. The minimum Gasteiger partial charge on any atom is -0.469 e. The van der Waals surface area contributed by atoms with Crippen molar-refractivity contribution in [2.75, 3.05) is 7.11 Å². The van der Waals surface area contributed by atoms with E-state index in [4.69, 9.17) is 10.00 Å². The lowest BCUT2D eigenvalue weighted by molar-refractivity contribution is -0.147. The van der Waals surface area contributed by atoms with Crippen molar-refractivity contribution in [1.29, 1.82) is 5.26 Å². The van der Waals surface area contributed by atoms with Crippen LogP contribution in [0.1, 0.15) is 25.7 Å². The lowest BCUT2D eigenvalue weighted by Gasteiger charge is -2.09. The number of esters is 1. The number of carbonyl (C=O) groups is 1. The van der Waals surface area contributed by atoms with Gasteiger partial charge >= 0.3 is 5.97 Å². The molecule has 13 heavy (non-hydrogen) atoms. The Morgan fingerprint density at radius 2 is 2.23 bits per heavy atom. The summed E-state index contributed by atoms with van der Waals surface area (Å²) in [6.07, 6.45) is 3.61. The van der Waals surface area contributed by atoms with Crippen molar-refractivity contribution < 1.29 is 9.53 Å². The molecule has 3 aliphatic rings. The summed E-state index contributed by atoms with van der Waals surface area (Å²) in [5, 5.41) is 9.03. The molecule has 0 N–H and O–H groups in total. The zero-order valence-electron chi connectivity index (χ0n) is 7.59. The summed E-state index contributed by atoms with van der Waals surface area (Å²) in [5.41, 5.74) is -0.319. The zero-order chi connectivity index (χ0) is 9.32. The fourth-order valence-corrected chi connectivity index (χ4v) is 3.65. The largest absolute Gasteiger partial charge is 0.469 e. The Bertz CT molecular complexity index is 350. The van der Waals surface area contributed by atoms with Crippen LogP contribution >= 0.6 is 0 Å². The maximum Gasteiger partial charge on any atom is 0.312 e. The van der Waals surface area contributed by atoms with Crippen LogP contribution in [0.5, 0.6) is 0 Å². The molecule has 0 bridgehead atoms. The van der Waals surface area contributed by atoms with Crippen molar-refractivity contribution in [1.82, 2.24) is 0 Å². The number of hydrogen-bond donors (Lipinski definition) is 0. The van der Waals surface area contributed by atoms with Crippen LogP contribution in [0.2, 0.25) is 0 Å². The second-order valence-corrected chi connectivity index (χ2v) is 4.70. The van der Waals surface area contributed by atoms with Crippen LogP contribution < -0.4 is 0 Å². The van der Waals surface area contributed by atoms with E-state index in [9.17, 15) is 4.79 Å². The molecule has 0 radical (unpaired) electrons. The highest BCUT2D eigenvalue weighted by Crippen LogP contribution is 2.94. The Labute approximate surface area is 76.7 Å². The van der Waals surface area contributed by atoms with Gasteiger partial charge in [0, 0.05) is 5.41 Å². The molecule has 3 nitrogen and oxygen atoms in total. The van der Waals surface area contributed by atoms with Crippen LogP contribution in [0.15, 0.2) is 0 Å². The number of nitriles is 1. The maximum absolute atomic E-state index is 11.5. The number of rotatable bonds is 1. The molecule has 0 amide bonds. The molecule has 0 aliphatic heterocycles. The molecule has 1 spiro atoms. The molecule has 68 valence electrons. The molecule has 0 aromatic rings. The van der Waals surface area contributed by atoms with Crippen LogP contribution in [0.25, 0.3) is 0 Å². The van der Waals surface area contributed by atoms with E-state index in [0.29, 0.717) is 0 Å². The van der Waals surface area contributed by atoms with Gasteiger partial charge in [0.15, 0.2) is 0 Å². The average Bonchev–Trinajstić information content (AvgIpc) is 3.01. The third kappa shape index (κ3) is 0.477. The highest BCUT2D eigenvalue weighted by atomic mass is 16.5. The lowest BCUT2D eigenvalue weighted by Crippen LogP contribution is -2.18. The third-order valence-corrected chi connectivity index (χ3v) is 4.56. The summed E-state index contributed by atoms with van der Waals surface area (Å²) in [4.78, 5) is 11.5. The zero-order valence-corrected chi connectivity index (χ0v) is 7.59. The molecule has 3 unspecified atom stereocenters. The second-order valence-electron chi connectivity index (χ2n) is 4.70. The van der Waals surface area contributed by atoms with Crippen molar-refractivity contribution in [2.45, 2.75) is 25.7 Å². The molecular formula is C10H11NO2. The fraction of sp³-hybridized carbons (Fsp3) is 0.800. The number of ether oxygens (including phenoxy) is 1. The third-order valence-electron chi connectivity index (χ3n) is 4.56. The minimum absolute atomic E-state index is 0.0574. The van der Waals surface area contributed by atoms with Crippen LogP contribution in [-0.4, -0.2) is 13.1 Å². The van der Waals surface area contributed by atoms with Crippen LogP contribution in [0.3, 0.4) is 0 Å². The van der Waals surface area contributed by atoms with Crippen LogP contribution in [0.4, 0.5) is 0 Å². The molecule has 3 saturated carbocycles. The van der Waals surface area contributed by atoms with Gasteiger partial charge in [-0.15, -0.1) is 0 Å². The van der Waals surface area contributed by atoms with E-state index >= 15 is 0 Å². The Morgan fingerprint density at radius 1 is 1.46 bits per heavy atom. The standard InChI is InChI=1S/C10H11NO2/c1-13-7(12)9-3-2-8(6-11)4-10(8,9)5-9/h2-5H2,1H3. The second kappa shape index (κ2) is 1.61. The predicted octanol–water partition coefficient (Wildman–Crippen LogP) is 1.24. The first-order valence-electron chi connectivity index (χ1n) is 4.66. The highest BCUT2D eigenvalue weighted by Gasteiger charge is 2.94. The summed E-state index contributed by atoms with van der Waals surface area (Å²) >= 11 is 0. The number of nitrogens with zero attached hydrogens (tertiary/aromatic N) is 1. The van der Waals surface area contributed by atoms with Gasteiger partial charge in [0.1, 0.15) is 0 Å². The molecule has 0 saturated heterocycles. The number of methoxy groups -OCH3 is 1. The van der Waals surface area contributed by atoms with Gasteiger partial charge in [-0.25, -0.2) is 0 Å². The van der Waals surface area contributed by atoms with Crippen molar-refractivity contribution in [2.24, 2.45) is 16.2 Å². The molecule has 3 heteroatoms. The highest BCUT2D eigenvalue weighted by molar-refractivity contribution is 5.85. The predicted molar refractivity (Wildman–Crippen MR) is 43.4 cm³/mol. The topological polar surface area (TPSA) is 50.1 Å². The van der Waals surface area contributed by atoms with Crippen LogP contribution in [-0.2, 0) is 9.53 Å². The van der Waals surface area contributed by atoms with E-state index < -0.39 is 0 Å². The minimum atomic E-state index is -0.239. The summed E-state index contributed by atoms with van der Waals surface area (Å²) in [6.45, 7) is 0. The first-order valence-corrected chi connectivity index (χ1v) is 4.66. The smallest absolute Gasteiger partial charge is 0.312 e. The molecule has 3 rings (SSSR count). The van der Waals surface area contributed by atoms with Crippen LogP contribution in [0, 0.1) is 27.6 Å². The van der Waals surface area contributed by atoms with Crippen molar-refractivity contribution >= 4 is 5.97 Å². The van der Waals surface area contributed by atoms with Gasteiger partial charge in [-0.1, -0.05) is 0 Å². The Balaban J connectivity index is 1.97. The van der Waals surface area contributed by atoms with Crippen molar-refractivity contribution in [3.63, 3.8) is 0 Å². The summed E-state index contributed by atoms with van der Waals surface area (Å²) < 4.78 is 4.81. The van der Waals surface area contributed by atoms with E-state index in [1.165, 1.54) is 7.11 Å². The van der Waals surface area contributed by atoms with Gasteiger partial charge in [-0.05, 0) is 25.7 Å². The molecule has 3 fully saturated rings. The van der Waals surface area contributed by atoms with E-state index in [0.717, 1.165) is 25.7 Å². The van der Waals surface area contributed by atoms with E-state index in [1.54, 1.807) is 0 Å². The van der Waals surface area contributed by atoms with Gasteiger partial charge in [-0.3, -0.25) is 4.79 Å². The van der Waals surface area contributed by atoms with Crippen molar-refractivity contribution in [3.05, 3.63) is 0 Å². The molecule has 0 aromatic heterocycles. The van der Waals surface area contributed by atoms with Gasteiger partial charge in [-0.2, -0.15) is 5.26 Å². The summed E-state index contributed by atoms with van der Waals surface area (Å²) in [7, 11) is 1.44. The fourth-order valence-electron chi connectivity index (χ4n) is 3.65. The van der Waals surface area contributed by atoms with E-state index in [1.807, 2.05) is 0 Å². The SMILES string of the molecule is COC(=O)C12CCC3(C#N)CC31C2. The molecule has 3 atom stereocenters. The number of carbonyl (C=O) groups excluding carboxylic acids is 1. The quantitative estimate of drug-likeness (QED) is 0.566. The first-order chi connectivity index (χ1) is 6.16. The first kappa shape index (κ1) is 7.37. The maximum atomic E-state index is 11.5. The van der Waals surface area contributed by atoms with Gasteiger partial charge < -0.3 is 4.74 Å². The lowest BCUT2D eigenvalue weighted by atomic mass is 9.99. The molecule has 3 aliphatic carbocycles. The van der Waals surface area contributed by atoms with E-state index in [-0.39, 0.29) is 22.2 Å². The molecular weight excluding hydrogens is 166 g/mol. The normalized spacial score (nSPS) is 54.5. The Kier molecular flexibility index (Phi) is 0.915. The average molecular weight is 177 g/mol. The number of hydrogen-bond acceptors (Lipinski definition) is 3. The molecule has 0 heterocycles. The van der Waals surface area contributed by atoms with Gasteiger partial charge in [0.05, 0.1) is 24.0 Å². The monoisotopic (exact) mass is 177 g/mol. The van der Waals surface area contributed by atoms with Crippen molar-refractivity contribution in [3.8, 4) is 6.07 Å². The van der Waals surface area contributed by atoms with Gasteiger partial charge in [0.25, 0.3) is 0 Å². The molecule has 0 aromatic carbocycles. The Hall–Kier alpha value is -1.04. The Morgan fingerprint density at radius 3 is 2.62 bits per heavy atom. The summed E-state index contributed by atoms with van der Waals surface area (Å²) in [5.74, 6) is -0.0814. The van der Waals surface area contributed by atoms with Gasteiger partial charge in [0.2, 0.25) is 0 Å².